The van der Waals surface area contributed by atoms with E-state index in [1.165, 1.54) is 56.3 Å². The van der Waals surface area contributed by atoms with Gasteiger partial charge >= 0.3 is 6.03 Å². The third-order valence-corrected chi connectivity index (χ3v) is 6.33. The molecule has 150 valence electrons. The summed E-state index contributed by atoms with van der Waals surface area (Å²) >= 11 is 6.03. The molecule has 0 aromatic heterocycles. The fourth-order valence-corrected chi connectivity index (χ4v) is 3.93. The molecular weight excluding hydrogens is 409 g/mol. The molecule has 3 N–H and O–H groups in total. The lowest BCUT2D eigenvalue weighted by atomic mass is 10.3. The first-order chi connectivity index (χ1) is 13.1. The number of anilines is 2. The smallest absolute Gasteiger partial charge is 0.319 e. The number of hydrogen-bond donors (Lipinski definition) is 3. The Bertz CT molecular complexity index is 979. The molecule has 0 saturated carbocycles. The number of nitrogens with one attached hydrogen (secondary N) is 3. The highest BCUT2D eigenvalue weighted by Gasteiger charge is 2.26. The zero-order valence-electron chi connectivity index (χ0n) is 15.1. The van der Waals surface area contributed by atoms with E-state index in [4.69, 9.17) is 11.6 Å². The second-order valence-electron chi connectivity index (χ2n) is 6.07. The summed E-state index contributed by atoms with van der Waals surface area (Å²) in [5.41, 5.74) is 0.381. The van der Waals surface area contributed by atoms with Crippen LogP contribution < -0.4 is 16.0 Å². The van der Waals surface area contributed by atoms with E-state index in [2.05, 4.69) is 16.0 Å². The van der Waals surface area contributed by atoms with Crippen LogP contribution in [0.25, 0.3) is 0 Å². The monoisotopic (exact) mass is 427 g/mol. The summed E-state index contributed by atoms with van der Waals surface area (Å²) in [5, 5.41) is 6.44. The van der Waals surface area contributed by atoms with Gasteiger partial charge in [-0.1, -0.05) is 17.7 Å². The van der Waals surface area contributed by atoms with Crippen LogP contribution in [-0.2, 0) is 14.6 Å². The standard InChI is InChI=1S/C18H19ClFN3O4S/c1-11(2)28(26,27)17-14(19)4-3-5-15(17)23-18(25)21-10-16(24)22-13-8-6-12(20)7-9-13/h3-9,11H,10H2,1-2H3,(H,22,24)(H2,21,23,25). The van der Waals surface area contributed by atoms with Crippen LogP contribution in [0.15, 0.2) is 47.4 Å². The van der Waals surface area contributed by atoms with E-state index in [0.717, 1.165) is 0 Å². The Morgan fingerprint density at radius 1 is 1.07 bits per heavy atom. The predicted octanol–water partition coefficient (Wildman–Crippen LogP) is 3.42. The maximum absolute atomic E-state index is 12.8. The highest BCUT2D eigenvalue weighted by Crippen LogP contribution is 2.32. The predicted molar refractivity (Wildman–Crippen MR) is 106 cm³/mol. The summed E-state index contributed by atoms with van der Waals surface area (Å²) < 4.78 is 37.9. The Balaban J connectivity index is 2.03. The summed E-state index contributed by atoms with van der Waals surface area (Å²) in [6.07, 6.45) is 0. The van der Waals surface area contributed by atoms with Crippen LogP contribution in [0.1, 0.15) is 13.8 Å². The molecule has 28 heavy (non-hydrogen) atoms. The maximum atomic E-state index is 12.8. The quantitative estimate of drug-likeness (QED) is 0.656. The largest absolute Gasteiger partial charge is 0.329 e. The van der Waals surface area contributed by atoms with Crippen molar-refractivity contribution in [2.75, 3.05) is 17.2 Å². The van der Waals surface area contributed by atoms with Crippen molar-refractivity contribution in [2.24, 2.45) is 0 Å². The average molecular weight is 428 g/mol. The van der Waals surface area contributed by atoms with Crippen LogP contribution in [0.2, 0.25) is 5.02 Å². The van der Waals surface area contributed by atoms with Crippen molar-refractivity contribution in [3.05, 3.63) is 53.3 Å². The molecule has 2 aromatic rings. The summed E-state index contributed by atoms with van der Waals surface area (Å²) in [5.74, 6) is -0.980. The number of benzene rings is 2. The van der Waals surface area contributed by atoms with Crippen molar-refractivity contribution in [3.8, 4) is 0 Å². The molecule has 7 nitrogen and oxygen atoms in total. The van der Waals surface area contributed by atoms with Gasteiger partial charge in [0.25, 0.3) is 0 Å². The van der Waals surface area contributed by atoms with E-state index < -0.39 is 32.8 Å². The molecule has 0 aliphatic heterocycles. The second-order valence-corrected chi connectivity index (χ2v) is 8.92. The van der Waals surface area contributed by atoms with Gasteiger partial charge in [-0.3, -0.25) is 4.79 Å². The van der Waals surface area contributed by atoms with Gasteiger partial charge in [0.1, 0.15) is 10.7 Å². The molecule has 0 unspecified atom stereocenters. The molecule has 0 atom stereocenters. The van der Waals surface area contributed by atoms with E-state index in [1.807, 2.05) is 0 Å². The van der Waals surface area contributed by atoms with E-state index in [-0.39, 0.29) is 22.2 Å². The highest BCUT2D eigenvalue weighted by atomic mass is 35.5. The Labute approximate surface area is 167 Å². The summed E-state index contributed by atoms with van der Waals surface area (Å²) in [6, 6.07) is 8.66. The zero-order chi connectivity index (χ0) is 20.9. The van der Waals surface area contributed by atoms with Gasteiger partial charge in [-0.2, -0.15) is 0 Å². The normalized spacial score (nSPS) is 11.2. The number of carbonyl (C=O) groups excluding carboxylic acids is 2. The van der Waals surface area contributed by atoms with Crippen LogP contribution in [0.4, 0.5) is 20.6 Å². The molecule has 0 saturated heterocycles. The van der Waals surface area contributed by atoms with Crippen LogP contribution >= 0.6 is 11.6 Å². The number of hydrogen-bond acceptors (Lipinski definition) is 4. The molecule has 0 fully saturated rings. The molecule has 0 bridgehead atoms. The number of sulfone groups is 1. The van der Waals surface area contributed by atoms with Gasteiger partial charge in [-0.05, 0) is 50.2 Å². The van der Waals surface area contributed by atoms with Crippen LogP contribution in [0, 0.1) is 5.82 Å². The molecule has 3 amide bonds. The Morgan fingerprint density at radius 3 is 2.32 bits per heavy atom. The van der Waals surface area contributed by atoms with Gasteiger partial charge in [0.2, 0.25) is 5.91 Å². The lowest BCUT2D eigenvalue weighted by Crippen LogP contribution is -2.36. The zero-order valence-corrected chi connectivity index (χ0v) is 16.7. The molecule has 0 aliphatic carbocycles. The first-order valence-corrected chi connectivity index (χ1v) is 10.2. The summed E-state index contributed by atoms with van der Waals surface area (Å²) in [7, 11) is -3.74. The minimum Gasteiger partial charge on any atom is -0.329 e. The van der Waals surface area contributed by atoms with Gasteiger partial charge in [-0.15, -0.1) is 0 Å². The molecule has 2 rings (SSSR count). The van der Waals surface area contributed by atoms with E-state index in [0.29, 0.717) is 5.69 Å². The molecule has 2 aromatic carbocycles. The summed E-state index contributed by atoms with van der Waals surface area (Å²) in [4.78, 5) is 23.8. The second kappa shape index (κ2) is 9.03. The Hall–Kier alpha value is -2.65. The van der Waals surface area contributed by atoms with E-state index in [9.17, 15) is 22.4 Å². The maximum Gasteiger partial charge on any atom is 0.319 e. The Morgan fingerprint density at radius 2 is 1.71 bits per heavy atom. The fourth-order valence-electron chi connectivity index (χ4n) is 2.20. The van der Waals surface area contributed by atoms with Crippen LogP contribution in [0.5, 0.6) is 0 Å². The van der Waals surface area contributed by atoms with Crippen LogP contribution in [0.3, 0.4) is 0 Å². The molecule has 10 heteroatoms. The van der Waals surface area contributed by atoms with Gasteiger partial charge in [-0.25, -0.2) is 17.6 Å². The van der Waals surface area contributed by atoms with Gasteiger partial charge < -0.3 is 16.0 Å². The molecule has 0 radical (unpaired) electrons. The molecule has 0 heterocycles. The number of carbonyl (C=O) groups is 2. The van der Waals surface area contributed by atoms with Crippen molar-refractivity contribution in [1.82, 2.24) is 5.32 Å². The van der Waals surface area contributed by atoms with Crippen molar-refractivity contribution in [3.63, 3.8) is 0 Å². The number of rotatable bonds is 6. The number of urea groups is 1. The van der Waals surface area contributed by atoms with Crippen molar-refractivity contribution >= 4 is 44.8 Å². The molecular formula is C18H19ClFN3O4S. The topological polar surface area (TPSA) is 104 Å². The van der Waals surface area contributed by atoms with Gasteiger partial charge in [0, 0.05) is 5.69 Å². The van der Waals surface area contributed by atoms with E-state index >= 15 is 0 Å². The molecule has 0 aliphatic rings. The lowest BCUT2D eigenvalue weighted by molar-refractivity contribution is -0.115. The van der Waals surface area contributed by atoms with Crippen molar-refractivity contribution in [2.45, 2.75) is 24.0 Å². The van der Waals surface area contributed by atoms with Crippen molar-refractivity contribution in [1.29, 1.82) is 0 Å². The Kier molecular flexibility index (Phi) is 6.98. The SMILES string of the molecule is CC(C)S(=O)(=O)c1c(Cl)cccc1NC(=O)NCC(=O)Nc1ccc(F)cc1. The van der Waals surface area contributed by atoms with Crippen LogP contribution in [-0.4, -0.2) is 32.2 Å². The first kappa shape index (κ1) is 21.6. The van der Waals surface area contributed by atoms with Gasteiger partial charge in [0.15, 0.2) is 9.84 Å². The van der Waals surface area contributed by atoms with E-state index in [1.54, 1.807) is 0 Å². The lowest BCUT2D eigenvalue weighted by Gasteiger charge is -2.15. The molecule has 0 spiro atoms. The number of halogens is 2. The highest BCUT2D eigenvalue weighted by molar-refractivity contribution is 7.92. The third kappa shape index (κ3) is 5.43. The minimum absolute atomic E-state index is 0.0117. The third-order valence-electron chi connectivity index (χ3n) is 3.66. The average Bonchev–Trinajstić information content (AvgIpc) is 2.61. The minimum atomic E-state index is -3.74. The van der Waals surface area contributed by atoms with Crippen molar-refractivity contribution < 1.29 is 22.4 Å². The fraction of sp³-hybridized carbons (Fsp3) is 0.222. The van der Waals surface area contributed by atoms with Gasteiger partial charge in [0.05, 0.1) is 22.5 Å². The number of amides is 3. The first-order valence-electron chi connectivity index (χ1n) is 8.24. The summed E-state index contributed by atoms with van der Waals surface area (Å²) in [6.45, 7) is 2.63.